The lowest BCUT2D eigenvalue weighted by molar-refractivity contribution is -0.143. The van der Waals surface area contributed by atoms with E-state index in [0.29, 0.717) is 13.2 Å². The molecule has 0 aromatic heterocycles. The molecule has 4 rings (SSSR count). The molecule has 0 bridgehead atoms. The highest BCUT2D eigenvalue weighted by Gasteiger charge is 2.12. The number of rotatable bonds is 24. The number of hydrogen-bond donors (Lipinski definition) is 0. The maximum atomic E-state index is 12.0. The Balaban J connectivity index is 1.09. The van der Waals surface area contributed by atoms with Crippen LogP contribution in [0.3, 0.4) is 0 Å². The van der Waals surface area contributed by atoms with Crippen LogP contribution in [0, 0.1) is 0 Å². The molecule has 0 spiro atoms. The molecule has 0 saturated carbocycles. The molecule has 4 aromatic carbocycles. The summed E-state index contributed by atoms with van der Waals surface area (Å²) in [6, 6.07) is 28.9. The third kappa shape index (κ3) is 14.0. The molecular formula is C46H58O7. The van der Waals surface area contributed by atoms with E-state index in [-0.39, 0.29) is 24.8 Å². The third-order valence-corrected chi connectivity index (χ3v) is 9.32. The quantitative estimate of drug-likeness (QED) is 0.0526. The van der Waals surface area contributed by atoms with Crippen molar-refractivity contribution in [2.24, 2.45) is 0 Å². The van der Waals surface area contributed by atoms with Gasteiger partial charge in [-0.25, -0.2) is 0 Å². The number of unbranched alkanes of at least 4 members (excludes halogenated alkanes) is 6. The fourth-order valence-electron chi connectivity index (χ4n) is 6.60. The number of hydrogen-bond acceptors (Lipinski definition) is 7. The predicted molar refractivity (Wildman–Crippen MR) is 213 cm³/mol. The van der Waals surface area contributed by atoms with Crippen LogP contribution < -0.4 is 9.47 Å². The summed E-state index contributed by atoms with van der Waals surface area (Å²) in [5, 5.41) is 0. The molecule has 4 aromatic rings. The van der Waals surface area contributed by atoms with Crippen LogP contribution in [0.15, 0.2) is 84.9 Å². The van der Waals surface area contributed by atoms with Crippen LogP contribution in [0.2, 0.25) is 0 Å². The second kappa shape index (κ2) is 23.1. The van der Waals surface area contributed by atoms with Gasteiger partial charge >= 0.3 is 11.9 Å². The molecule has 0 saturated heterocycles. The summed E-state index contributed by atoms with van der Waals surface area (Å²) in [4.78, 5) is 24.0. The summed E-state index contributed by atoms with van der Waals surface area (Å²) in [6.45, 7) is 6.07. The normalized spacial score (nSPS) is 10.9. The zero-order valence-corrected chi connectivity index (χ0v) is 32.3. The van der Waals surface area contributed by atoms with Crippen molar-refractivity contribution in [3.8, 4) is 33.8 Å². The Bertz CT molecular complexity index is 1590. The number of methoxy groups -OCH3 is 2. The molecule has 0 heterocycles. The van der Waals surface area contributed by atoms with E-state index in [1.165, 1.54) is 36.8 Å². The average Bonchev–Trinajstić information content (AvgIpc) is 3.17. The Kier molecular flexibility index (Phi) is 18.0. The van der Waals surface area contributed by atoms with Gasteiger partial charge in [-0.15, -0.1) is 0 Å². The fraction of sp³-hybridized carbons (Fsp3) is 0.435. The van der Waals surface area contributed by atoms with Crippen LogP contribution in [0.5, 0.6) is 11.5 Å². The minimum atomic E-state index is -0.211. The van der Waals surface area contributed by atoms with E-state index >= 15 is 0 Å². The van der Waals surface area contributed by atoms with Gasteiger partial charge in [0.1, 0.15) is 11.5 Å². The molecular weight excluding hydrogens is 664 g/mol. The Morgan fingerprint density at radius 2 is 0.925 bits per heavy atom. The van der Waals surface area contributed by atoms with E-state index in [4.69, 9.17) is 23.7 Å². The second-order valence-electron chi connectivity index (χ2n) is 13.4. The number of aryl methyl sites for hydroxylation is 2. The van der Waals surface area contributed by atoms with E-state index in [1.807, 2.05) is 50.2 Å². The van der Waals surface area contributed by atoms with E-state index in [2.05, 4.69) is 48.5 Å². The van der Waals surface area contributed by atoms with Crippen LogP contribution in [-0.2, 0) is 49.5 Å². The summed E-state index contributed by atoms with van der Waals surface area (Å²) in [5.41, 5.74) is 8.63. The highest BCUT2D eigenvalue weighted by molar-refractivity contribution is 5.77. The topological polar surface area (TPSA) is 80.3 Å². The van der Waals surface area contributed by atoms with Crippen molar-refractivity contribution < 1.29 is 33.3 Å². The zero-order valence-electron chi connectivity index (χ0n) is 32.3. The zero-order chi connectivity index (χ0) is 37.7. The van der Waals surface area contributed by atoms with Crippen molar-refractivity contribution >= 4 is 11.9 Å². The standard InChI is InChI=1S/C46H58O7/c1-5-52-45(47)33-37-19-15-21-39(29-37)41-31-35(23-25-43(41)49-3)17-11-7-9-13-27-51-28-14-10-8-12-18-36-24-26-44(50-4)42(32-36)40-22-16-20-38(30-40)34-46(48)53-6-2/h15-16,19-26,29-32H,5-14,17-18,27-28,33-34H2,1-4H3. The first kappa shape index (κ1) is 41.1. The van der Waals surface area contributed by atoms with Crippen molar-refractivity contribution in [1.29, 1.82) is 0 Å². The summed E-state index contributed by atoms with van der Waals surface area (Å²) in [5.74, 6) is 1.24. The molecule has 0 amide bonds. The number of esters is 2. The molecule has 0 aliphatic heterocycles. The van der Waals surface area contributed by atoms with Gasteiger partial charge in [0.05, 0.1) is 40.3 Å². The highest BCUT2D eigenvalue weighted by Crippen LogP contribution is 2.33. The molecule has 0 aliphatic carbocycles. The van der Waals surface area contributed by atoms with Crippen LogP contribution in [0.4, 0.5) is 0 Å². The predicted octanol–water partition coefficient (Wildman–Crippen LogP) is 10.2. The summed E-state index contributed by atoms with van der Waals surface area (Å²) < 4.78 is 27.5. The lowest BCUT2D eigenvalue weighted by atomic mass is 9.97. The Morgan fingerprint density at radius 1 is 0.491 bits per heavy atom. The lowest BCUT2D eigenvalue weighted by Gasteiger charge is -2.13. The van der Waals surface area contributed by atoms with Gasteiger partial charge in [0.25, 0.3) is 0 Å². The van der Waals surface area contributed by atoms with Crippen molar-refractivity contribution in [1.82, 2.24) is 0 Å². The number of carbonyl (C=O) groups is 2. The monoisotopic (exact) mass is 722 g/mol. The third-order valence-electron chi connectivity index (χ3n) is 9.32. The van der Waals surface area contributed by atoms with E-state index in [9.17, 15) is 9.59 Å². The van der Waals surface area contributed by atoms with Gasteiger partial charge in [0.15, 0.2) is 0 Å². The van der Waals surface area contributed by atoms with Gasteiger partial charge in [-0.05, 0) is 110 Å². The van der Waals surface area contributed by atoms with Crippen molar-refractivity contribution in [2.75, 3.05) is 40.6 Å². The number of carbonyl (C=O) groups excluding carboxylic acids is 2. The summed E-state index contributed by atoms with van der Waals surface area (Å²) in [6.07, 6.45) is 11.7. The number of ether oxygens (including phenoxy) is 5. The SMILES string of the molecule is CCOC(=O)Cc1cccc(-c2cc(CCCCCCOCCCCCCc3ccc(OC)c(-c4cccc(CC(=O)OCC)c4)c3)ccc2OC)c1. The smallest absolute Gasteiger partial charge is 0.310 e. The Morgan fingerprint density at radius 3 is 1.34 bits per heavy atom. The minimum Gasteiger partial charge on any atom is -0.496 e. The van der Waals surface area contributed by atoms with Crippen molar-refractivity contribution in [3.05, 3.63) is 107 Å². The summed E-state index contributed by atoms with van der Waals surface area (Å²) >= 11 is 0. The summed E-state index contributed by atoms with van der Waals surface area (Å²) in [7, 11) is 3.39. The van der Waals surface area contributed by atoms with E-state index in [1.54, 1.807) is 14.2 Å². The number of benzene rings is 4. The van der Waals surface area contributed by atoms with Gasteiger partial charge < -0.3 is 23.7 Å². The average molecular weight is 723 g/mol. The fourth-order valence-corrected chi connectivity index (χ4v) is 6.60. The minimum absolute atomic E-state index is 0.211. The van der Waals surface area contributed by atoms with E-state index in [0.717, 1.165) is 96.6 Å². The van der Waals surface area contributed by atoms with Crippen LogP contribution in [0.1, 0.15) is 87.5 Å². The van der Waals surface area contributed by atoms with Gasteiger partial charge in [0, 0.05) is 24.3 Å². The highest BCUT2D eigenvalue weighted by atomic mass is 16.5. The molecule has 7 nitrogen and oxygen atoms in total. The maximum absolute atomic E-state index is 12.0. The van der Waals surface area contributed by atoms with E-state index < -0.39 is 0 Å². The molecule has 0 unspecified atom stereocenters. The molecule has 53 heavy (non-hydrogen) atoms. The molecule has 0 fully saturated rings. The maximum Gasteiger partial charge on any atom is 0.310 e. The van der Waals surface area contributed by atoms with Gasteiger partial charge in [-0.2, -0.15) is 0 Å². The first-order valence-corrected chi connectivity index (χ1v) is 19.4. The molecule has 0 radical (unpaired) electrons. The molecule has 284 valence electrons. The van der Waals surface area contributed by atoms with Gasteiger partial charge in [0.2, 0.25) is 0 Å². The van der Waals surface area contributed by atoms with Crippen LogP contribution in [0.25, 0.3) is 22.3 Å². The molecule has 0 atom stereocenters. The van der Waals surface area contributed by atoms with Crippen molar-refractivity contribution in [3.63, 3.8) is 0 Å². The first-order chi connectivity index (χ1) is 25.9. The Labute approximate surface area is 317 Å². The van der Waals surface area contributed by atoms with Gasteiger partial charge in [-0.1, -0.05) is 86.3 Å². The molecule has 7 heteroatoms. The largest absolute Gasteiger partial charge is 0.496 e. The second-order valence-corrected chi connectivity index (χ2v) is 13.4. The Hall–Kier alpha value is -4.62. The van der Waals surface area contributed by atoms with Gasteiger partial charge in [-0.3, -0.25) is 9.59 Å². The van der Waals surface area contributed by atoms with Crippen molar-refractivity contribution in [2.45, 2.75) is 90.9 Å². The molecule has 0 aliphatic rings. The van der Waals surface area contributed by atoms with Crippen LogP contribution >= 0.6 is 0 Å². The first-order valence-electron chi connectivity index (χ1n) is 19.4. The van der Waals surface area contributed by atoms with Crippen LogP contribution in [-0.4, -0.2) is 52.6 Å². The molecule has 0 N–H and O–H groups in total. The lowest BCUT2D eigenvalue weighted by Crippen LogP contribution is -2.07.